The molecule has 0 aliphatic carbocycles. The van der Waals surface area contributed by atoms with Gasteiger partial charge in [0.15, 0.2) is 0 Å². The highest BCUT2D eigenvalue weighted by molar-refractivity contribution is 9.10. The molecule has 0 aliphatic heterocycles. The molecule has 0 fully saturated rings. The monoisotopic (exact) mass is 284 g/mol. The largest absolute Gasteiger partial charge is 0.466 e. The second kappa shape index (κ2) is 6.69. The van der Waals surface area contributed by atoms with Gasteiger partial charge < -0.3 is 4.74 Å². The minimum atomic E-state index is -0.0976. The van der Waals surface area contributed by atoms with Gasteiger partial charge in [0.2, 0.25) is 0 Å². The van der Waals surface area contributed by atoms with Gasteiger partial charge in [-0.15, -0.1) is 0 Å². The van der Waals surface area contributed by atoms with E-state index in [0.29, 0.717) is 6.61 Å². The van der Waals surface area contributed by atoms with Crippen molar-refractivity contribution in [3.63, 3.8) is 0 Å². The molecule has 0 N–H and O–H groups in total. The van der Waals surface area contributed by atoms with Crippen LogP contribution in [0.25, 0.3) is 0 Å². The Morgan fingerprint density at radius 2 is 2.00 bits per heavy atom. The summed E-state index contributed by atoms with van der Waals surface area (Å²) in [5, 5.41) is 0. The summed E-state index contributed by atoms with van der Waals surface area (Å²) in [5.74, 6) is -0.122. The zero-order valence-corrected chi connectivity index (χ0v) is 11.3. The van der Waals surface area contributed by atoms with Crippen molar-refractivity contribution in [2.24, 2.45) is 5.92 Å². The number of esters is 1. The molecule has 0 aliphatic rings. The SMILES string of the molecule is CCOC(=O)C(C)CCc1ccc(Br)cc1. The lowest BCUT2D eigenvalue weighted by Gasteiger charge is -2.10. The molecule has 1 atom stereocenters. The molecule has 0 radical (unpaired) electrons. The topological polar surface area (TPSA) is 26.3 Å². The van der Waals surface area contributed by atoms with Gasteiger partial charge in [0.25, 0.3) is 0 Å². The summed E-state index contributed by atoms with van der Waals surface area (Å²) in [5.41, 5.74) is 1.25. The summed E-state index contributed by atoms with van der Waals surface area (Å²) in [4.78, 5) is 11.4. The number of hydrogen-bond acceptors (Lipinski definition) is 2. The van der Waals surface area contributed by atoms with Crippen LogP contribution in [0, 0.1) is 5.92 Å². The predicted molar refractivity (Wildman–Crippen MR) is 68.3 cm³/mol. The quantitative estimate of drug-likeness (QED) is 0.773. The van der Waals surface area contributed by atoms with Crippen LogP contribution in [0.4, 0.5) is 0 Å². The molecule has 0 aromatic heterocycles. The van der Waals surface area contributed by atoms with Crippen LogP contribution in [0.3, 0.4) is 0 Å². The molecule has 0 heterocycles. The Bertz CT molecular complexity index is 332. The Morgan fingerprint density at radius 1 is 1.38 bits per heavy atom. The number of carbonyl (C=O) groups is 1. The first-order valence-electron chi connectivity index (χ1n) is 5.54. The molecular formula is C13H17BrO2. The maximum Gasteiger partial charge on any atom is 0.308 e. The van der Waals surface area contributed by atoms with Crippen LogP contribution in [-0.2, 0) is 16.0 Å². The third kappa shape index (κ3) is 4.35. The number of hydrogen-bond donors (Lipinski definition) is 0. The summed E-state index contributed by atoms with van der Waals surface area (Å²) in [6, 6.07) is 8.18. The standard InChI is InChI=1S/C13H17BrO2/c1-3-16-13(15)10(2)4-5-11-6-8-12(14)9-7-11/h6-10H,3-5H2,1-2H3. The number of benzene rings is 1. The first-order valence-corrected chi connectivity index (χ1v) is 6.34. The lowest BCUT2D eigenvalue weighted by molar-refractivity contribution is -0.147. The molecule has 0 saturated carbocycles. The van der Waals surface area contributed by atoms with Gasteiger partial charge in [0, 0.05) is 4.47 Å². The van der Waals surface area contributed by atoms with Crippen molar-refractivity contribution in [3.05, 3.63) is 34.3 Å². The Labute approximate surface area is 105 Å². The highest BCUT2D eigenvalue weighted by atomic mass is 79.9. The molecule has 0 amide bonds. The smallest absolute Gasteiger partial charge is 0.308 e. The fourth-order valence-corrected chi connectivity index (χ4v) is 1.70. The second-order valence-electron chi connectivity index (χ2n) is 3.82. The van der Waals surface area contributed by atoms with Crippen LogP contribution >= 0.6 is 15.9 Å². The zero-order chi connectivity index (χ0) is 12.0. The van der Waals surface area contributed by atoms with Crippen molar-refractivity contribution in [1.29, 1.82) is 0 Å². The van der Waals surface area contributed by atoms with E-state index in [0.717, 1.165) is 17.3 Å². The fourth-order valence-electron chi connectivity index (χ4n) is 1.44. The van der Waals surface area contributed by atoms with Crippen molar-refractivity contribution in [1.82, 2.24) is 0 Å². The molecule has 0 spiro atoms. The molecule has 2 nitrogen and oxygen atoms in total. The number of ether oxygens (including phenoxy) is 1. The van der Waals surface area contributed by atoms with E-state index < -0.39 is 0 Å². The number of carbonyl (C=O) groups excluding carboxylic acids is 1. The van der Waals surface area contributed by atoms with Gasteiger partial charge in [0.1, 0.15) is 0 Å². The Hall–Kier alpha value is -0.830. The van der Waals surface area contributed by atoms with E-state index in [2.05, 4.69) is 28.1 Å². The molecule has 1 aromatic carbocycles. The molecule has 1 unspecified atom stereocenters. The van der Waals surface area contributed by atoms with Crippen LogP contribution in [0.2, 0.25) is 0 Å². The summed E-state index contributed by atoms with van der Waals surface area (Å²) in [7, 11) is 0. The predicted octanol–water partition coefficient (Wildman–Crippen LogP) is 3.58. The number of aryl methyl sites for hydroxylation is 1. The molecule has 16 heavy (non-hydrogen) atoms. The van der Waals surface area contributed by atoms with E-state index in [1.54, 1.807) is 0 Å². The minimum absolute atomic E-state index is 0.0244. The van der Waals surface area contributed by atoms with Gasteiger partial charge in [-0.25, -0.2) is 0 Å². The van der Waals surface area contributed by atoms with Gasteiger partial charge in [0.05, 0.1) is 12.5 Å². The first kappa shape index (κ1) is 13.2. The maximum atomic E-state index is 11.4. The van der Waals surface area contributed by atoms with Crippen LogP contribution < -0.4 is 0 Å². The van der Waals surface area contributed by atoms with Crippen molar-refractivity contribution >= 4 is 21.9 Å². The van der Waals surface area contributed by atoms with Gasteiger partial charge in [-0.1, -0.05) is 35.0 Å². The highest BCUT2D eigenvalue weighted by Crippen LogP contribution is 2.14. The van der Waals surface area contributed by atoms with Crippen molar-refractivity contribution in [2.45, 2.75) is 26.7 Å². The van der Waals surface area contributed by atoms with Crippen molar-refractivity contribution in [3.8, 4) is 0 Å². The second-order valence-corrected chi connectivity index (χ2v) is 4.73. The van der Waals surface area contributed by atoms with Gasteiger partial charge in [-0.2, -0.15) is 0 Å². The Morgan fingerprint density at radius 3 is 2.56 bits per heavy atom. The number of rotatable bonds is 5. The van der Waals surface area contributed by atoms with Crippen molar-refractivity contribution in [2.75, 3.05) is 6.61 Å². The molecular weight excluding hydrogens is 268 g/mol. The Kier molecular flexibility index (Phi) is 5.53. The first-order chi connectivity index (χ1) is 7.63. The molecule has 0 saturated heterocycles. The summed E-state index contributed by atoms with van der Waals surface area (Å²) in [6.45, 7) is 4.21. The molecule has 1 rings (SSSR count). The van der Waals surface area contributed by atoms with Crippen LogP contribution in [0.1, 0.15) is 25.8 Å². The normalized spacial score (nSPS) is 12.2. The molecule has 3 heteroatoms. The van der Waals surface area contributed by atoms with E-state index >= 15 is 0 Å². The fraction of sp³-hybridized carbons (Fsp3) is 0.462. The molecule has 1 aromatic rings. The summed E-state index contributed by atoms with van der Waals surface area (Å²) in [6.07, 6.45) is 1.74. The zero-order valence-electron chi connectivity index (χ0n) is 9.70. The number of halogens is 1. The minimum Gasteiger partial charge on any atom is -0.466 e. The van der Waals surface area contributed by atoms with E-state index in [4.69, 9.17) is 4.74 Å². The lowest BCUT2D eigenvalue weighted by Crippen LogP contribution is -2.15. The average molecular weight is 285 g/mol. The molecule has 0 bridgehead atoms. The highest BCUT2D eigenvalue weighted by Gasteiger charge is 2.13. The van der Waals surface area contributed by atoms with Crippen LogP contribution in [0.5, 0.6) is 0 Å². The van der Waals surface area contributed by atoms with Crippen LogP contribution in [0.15, 0.2) is 28.7 Å². The van der Waals surface area contributed by atoms with Gasteiger partial charge in [-0.3, -0.25) is 4.79 Å². The van der Waals surface area contributed by atoms with Crippen LogP contribution in [-0.4, -0.2) is 12.6 Å². The van der Waals surface area contributed by atoms with E-state index in [1.165, 1.54) is 5.56 Å². The van der Waals surface area contributed by atoms with Gasteiger partial charge in [-0.05, 0) is 37.5 Å². The van der Waals surface area contributed by atoms with E-state index in [1.807, 2.05) is 26.0 Å². The maximum absolute atomic E-state index is 11.4. The summed E-state index contributed by atoms with van der Waals surface area (Å²) < 4.78 is 6.04. The van der Waals surface area contributed by atoms with E-state index in [9.17, 15) is 4.79 Å². The van der Waals surface area contributed by atoms with Gasteiger partial charge >= 0.3 is 5.97 Å². The summed E-state index contributed by atoms with van der Waals surface area (Å²) >= 11 is 3.40. The average Bonchev–Trinajstić information content (AvgIpc) is 2.28. The third-order valence-corrected chi connectivity index (χ3v) is 3.00. The van der Waals surface area contributed by atoms with Crippen molar-refractivity contribution < 1.29 is 9.53 Å². The third-order valence-electron chi connectivity index (χ3n) is 2.47. The molecule has 88 valence electrons. The lowest BCUT2D eigenvalue weighted by atomic mass is 10.0. The Balaban J connectivity index is 2.39. The van der Waals surface area contributed by atoms with E-state index in [-0.39, 0.29) is 11.9 Å².